The summed E-state index contributed by atoms with van der Waals surface area (Å²) in [5.41, 5.74) is 7.61. The molecule has 1 aromatic carbocycles. The van der Waals surface area contributed by atoms with Crippen molar-refractivity contribution in [3.05, 3.63) is 47.9 Å². The lowest BCUT2D eigenvalue weighted by molar-refractivity contribution is 0.632. The highest BCUT2D eigenvalue weighted by Gasteiger charge is 2.04. The number of pyridine rings is 1. The van der Waals surface area contributed by atoms with Gasteiger partial charge < -0.3 is 11.1 Å². The summed E-state index contributed by atoms with van der Waals surface area (Å²) in [6.07, 6.45) is 1.68. The number of rotatable bonds is 2. The van der Waals surface area contributed by atoms with Gasteiger partial charge in [0.1, 0.15) is 5.82 Å². The van der Waals surface area contributed by atoms with Crippen LogP contribution in [0.1, 0.15) is 5.56 Å². The summed E-state index contributed by atoms with van der Waals surface area (Å²) >= 11 is 0. The average molecular weight is 217 g/mol. The van der Waals surface area contributed by atoms with Crippen LogP contribution in [0, 0.1) is 12.7 Å². The highest BCUT2D eigenvalue weighted by atomic mass is 19.1. The number of hydrogen-bond acceptors (Lipinski definition) is 3. The number of nitrogen functional groups attached to an aromatic ring is 1. The fourth-order valence-corrected chi connectivity index (χ4v) is 1.39. The first-order valence-corrected chi connectivity index (χ1v) is 4.90. The Bertz CT molecular complexity index is 511. The van der Waals surface area contributed by atoms with Crippen molar-refractivity contribution in [2.24, 2.45) is 0 Å². The van der Waals surface area contributed by atoms with E-state index < -0.39 is 0 Å². The summed E-state index contributed by atoms with van der Waals surface area (Å²) in [6, 6.07) is 8.18. The van der Waals surface area contributed by atoms with Gasteiger partial charge in [-0.05, 0) is 30.7 Å². The van der Waals surface area contributed by atoms with Gasteiger partial charge >= 0.3 is 0 Å². The highest BCUT2D eigenvalue weighted by Crippen LogP contribution is 2.22. The van der Waals surface area contributed by atoms with E-state index >= 15 is 0 Å². The Kier molecular flexibility index (Phi) is 2.72. The molecule has 0 atom stereocenters. The van der Waals surface area contributed by atoms with E-state index in [1.165, 1.54) is 6.07 Å². The summed E-state index contributed by atoms with van der Waals surface area (Å²) in [5, 5.41) is 2.86. The summed E-state index contributed by atoms with van der Waals surface area (Å²) < 4.78 is 13.4. The Morgan fingerprint density at radius 2 is 2.06 bits per heavy atom. The zero-order chi connectivity index (χ0) is 11.5. The Morgan fingerprint density at radius 1 is 1.31 bits per heavy atom. The normalized spacial score (nSPS) is 10.1. The molecule has 0 aliphatic rings. The van der Waals surface area contributed by atoms with Crippen molar-refractivity contribution in [3.8, 4) is 0 Å². The summed E-state index contributed by atoms with van der Waals surface area (Å²) in [4.78, 5) is 4.11. The molecule has 1 aromatic heterocycles. The van der Waals surface area contributed by atoms with E-state index in [1.54, 1.807) is 30.5 Å². The van der Waals surface area contributed by atoms with Crippen LogP contribution in [-0.4, -0.2) is 4.98 Å². The first-order valence-electron chi connectivity index (χ1n) is 4.90. The van der Waals surface area contributed by atoms with Crippen LogP contribution in [0.2, 0.25) is 0 Å². The van der Waals surface area contributed by atoms with Crippen LogP contribution in [0.4, 0.5) is 21.6 Å². The van der Waals surface area contributed by atoms with Gasteiger partial charge in [0, 0.05) is 6.20 Å². The summed E-state index contributed by atoms with van der Waals surface area (Å²) in [7, 11) is 0. The zero-order valence-corrected chi connectivity index (χ0v) is 8.87. The molecule has 0 aliphatic carbocycles. The number of anilines is 3. The monoisotopic (exact) mass is 217 g/mol. The maximum atomic E-state index is 13.4. The molecule has 0 radical (unpaired) electrons. The molecule has 0 saturated heterocycles. The van der Waals surface area contributed by atoms with Crippen LogP contribution in [0.5, 0.6) is 0 Å². The molecule has 0 saturated carbocycles. The van der Waals surface area contributed by atoms with Gasteiger partial charge in [-0.2, -0.15) is 0 Å². The quantitative estimate of drug-likeness (QED) is 0.813. The molecule has 2 rings (SSSR count). The molecule has 3 nitrogen and oxygen atoms in total. The largest absolute Gasteiger partial charge is 0.396 e. The lowest BCUT2D eigenvalue weighted by Gasteiger charge is -2.09. The SMILES string of the molecule is Cc1cnc(Nc2ccccc2F)c(N)c1. The van der Waals surface area contributed by atoms with Crippen LogP contribution in [0.3, 0.4) is 0 Å². The molecule has 82 valence electrons. The van der Waals surface area contributed by atoms with Gasteiger partial charge in [0.05, 0.1) is 11.4 Å². The van der Waals surface area contributed by atoms with Crippen LogP contribution in [0.25, 0.3) is 0 Å². The van der Waals surface area contributed by atoms with Gasteiger partial charge in [0.25, 0.3) is 0 Å². The van der Waals surface area contributed by atoms with E-state index in [0.717, 1.165) is 5.56 Å². The second-order valence-electron chi connectivity index (χ2n) is 3.56. The van der Waals surface area contributed by atoms with Crippen molar-refractivity contribution in [2.75, 3.05) is 11.1 Å². The standard InChI is InChI=1S/C12H12FN3/c1-8-6-10(14)12(15-7-8)16-11-5-3-2-4-9(11)13/h2-7H,14H2,1H3,(H,15,16). The number of aryl methyl sites for hydroxylation is 1. The van der Waals surface area contributed by atoms with E-state index in [9.17, 15) is 4.39 Å². The van der Waals surface area contributed by atoms with Crippen molar-refractivity contribution in [2.45, 2.75) is 6.92 Å². The maximum Gasteiger partial charge on any atom is 0.153 e. The molecule has 3 N–H and O–H groups in total. The van der Waals surface area contributed by atoms with Gasteiger partial charge in [0.2, 0.25) is 0 Å². The fraction of sp³-hybridized carbons (Fsp3) is 0.0833. The molecule has 16 heavy (non-hydrogen) atoms. The number of aromatic nitrogens is 1. The third-order valence-corrected chi connectivity index (χ3v) is 2.18. The Hall–Kier alpha value is -2.10. The molecule has 4 heteroatoms. The zero-order valence-electron chi connectivity index (χ0n) is 8.87. The summed E-state index contributed by atoms with van der Waals surface area (Å²) in [5.74, 6) is 0.139. The second kappa shape index (κ2) is 4.18. The van der Waals surface area contributed by atoms with Gasteiger partial charge in [-0.15, -0.1) is 0 Å². The number of nitrogens with two attached hydrogens (primary N) is 1. The molecule has 0 fully saturated rings. The fourth-order valence-electron chi connectivity index (χ4n) is 1.39. The van der Waals surface area contributed by atoms with E-state index in [1.807, 2.05) is 6.92 Å². The third-order valence-electron chi connectivity index (χ3n) is 2.18. The average Bonchev–Trinajstić information content (AvgIpc) is 2.25. The smallest absolute Gasteiger partial charge is 0.153 e. The lowest BCUT2D eigenvalue weighted by Crippen LogP contribution is -2.00. The molecule has 0 aliphatic heterocycles. The predicted molar refractivity (Wildman–Crippen MR) is 63.1 cm³/mol. The molecule has 0 bridgehead atoms. The van der Waals surface area contributed by atoms with Gasteiger partial charge in [-0.1, -0.05) is 12.1 Å². The Balaban J connectivity index is 2.31. The van der Waals surface area contributed by atoms with Crippen molar-refractivity contribution < 1.29 is 4.39 Å². The van der Waals surface area contributed by atoms with Gasteiger partial charge in [-0.25, -0.2) is 9.37 Å². The van der Waals surface area contributed by atoms with E-state index in [0.29, 0.717) is 17.2 Å². The van der Waals surface area contributed by atoms with Crippen LogP contribution in [-0.2, 0) is 0 Å². The highest BCUT2D eigenvalue weighted by molar-refractivity contribution is 5.69. The van der Waals surface area contributed by atoms with Crippen molar-refractivity contribution in [1.29, 1.82) is 0 Å². The lowest BCUT2D eigenvalue weighted by atomic mass is 10.2. The van der Waals surface area contributed by atoms with Crippen molar-refractivity contribution in [3.63, 3.8) is 0 Å². The molecule has 2 aromatic rings. The number of para-hydroxylation sites is 1. The molecule has 0 spiro atoms. The molecular formula is C12H12FN3. The number of halogens is 1. The van der Waals surface area contributed by atoms with E-state index in [-0.39, 0.29) is 5.82 Å². The number of nitrogens with one attached hydrogen (secondary N) is 1. The number of hydrogen-bond donors (Lipinski definition) is 2. The minimum atomic E-state index is -0.329. The topological polar surface area (TPSA) is 50.9 Å². The molecule has 1 heterocycles. The van der Waals surface area contributed by atoms with Crippen LogP contribution in [0.15, 0.2) is 36.5 Å². The number of nitrogens with zero attached hydrogens (tertiary/aromatic N) is 1. The van der Waals surface area contributed by atoms with Gasteiger partial charge in [-0.3, -0.25) is 0 Å². The Morgan fingerprint density at radius 3 is 2.75 bits per heavy atom. The van der Waals surface area contributed by atoms with Crippen molar-refractivity contribution in [1.82, 2.24) is 4.98 Å². The van der Waals surface area contributed by atoms with Crippen LogP contribution >= 0.6 is 0 Å². The van der Waals surface area contributed by atoms with E-state index in [2.05, 4.69) is 10.3 Å². The molecular weight excluding hydrogens is 205 g/mol. The van der Waals surface area contributed by atoms with Crippen molar-refractivity contribution >= 4 is 17.2 Å². The Labute approximate surface area is 93.1 Å². The maximum absolute atomic E-state index is 13.4. The molecule has 0 unspecified atom stereocenters. The first-order chi connectivity index (χ1) is 7.66. The second-order valence-corrected chi connectivity index (χ2v) is 3.56. The van der Waals surface area contributed by atoms with Crippen LogP contribution < -0.4 is 11.1 Å². The third kappa shape index (κ3) is 2.11. The summed E-state index contributed by atoms with van der Waals surface area (Å²) in [6.45, 7) is 1.90. The van der Waals surface area contributed by atoms with Gasteiger partial charge in [0.15, 0.2) is 5.82 Å². The predicted octanol–water partition coefficient (Wildman–Crippen LogP) is 2.85. The minimum Gasteiger partial charge on any atom is -0.396 e. The first kappa shape index (κ1) is 10.4. The van der Waals surface area contributed by atoms with E-state index in [4.69, 9.17) is 5.73 Å². The minimum absolute atomic E-state index is 0.329. The number of benzene rings is 1. The molecule has 0 amide bonds.